The number of ether oxygens (including phenoxy) is 2. The Balaban J connectivity index is 4.42. The van der Waals surface area contributed by atoms with Crippen LogP contribution in [0.5, 0.6) is 0 Å². The van der Waals surface area contributed by atoms with Gasteiger partial charge in [0.2, 0.25) is 0 Å². The summed E-state index contributed by atoms with van der Waals surface area (Å²) in [4.78, 5) is 37.4. The molecule has 10 heteroatoms. The molecule has 0 radical (unpaired) electrons. The molecular weight excluding hydrogens is 677 g/mol. The second-order valence-electron chi connectivity index (χ2n) is 15.0. The predicted octanol–water partition coefficient (Wildman–Crippen LogP) is 10.7. The summed E-state index contributed by atoms with van der Waals surface area (Å²) >= 11 is 0. The molecule has 0 aromatic carbocycles. The van der Waals surface area contributed by atoms with Crippen LogP contribution in [0.15, 0.2) is 36.5 Å². The molecule has 9 nitrogen and oxygen atoms in total. The van der Waals surface area contributed by atoms with E-state index >= 15 is 0 Å². The Morgan fingerprint density at radius 1 is 0.615 bits per heavy atom. The van der Waals surface area contributed by atoms with Gasteiger partial charge >= 0.3 is 11.9 Å². The van der Waals surface area contributed by atoms with Gasteiger partial charge in [-0.3, -0.25) is 14.2 Å². The lowest BCUT2D eigenvalue weighted by atomic mass is 10.0. The van der Waals surface area contributed by atoms with E-state index in [1.807, 2.05) is 21.1 Å². The van der Waals surface area contributed by atoms with E-state index in [0.717, 1.165) is 70.6 Å². The number of hydrogen-bond donors (Lipinski definition) is 0. The van der Waals surface area contributed by atoms with E-state index in [1.165, 1.54) is 64.2 Å². The van der Waals surface area contributed by atoms with Crippen molar-refractivity contribution in [3.05, 3.63) is 36.5 Å². The second-order valence-corrected chi connectivity index (χ2v) is 16.4. The standard InChI is InChI=1S/C42H78NO8P/c1-6-8-10-12-14-16-18-20-21-23-25-27-29-31-33-35-42(45)51-40(39-50-52(46,47)49-37-36-43(3,4)5)38-48-41(44)34-32-30-28-26-24-22-19-17-15-13-11-9-7-2/h8,10,14,16,20-21,40H,6-7,9,11-13,15,17-19,22-39H2,1-5H3/b10-8+,16-14+,21-20+. The summed E-state index contributed by atoms with van der Waals surface area (Å²) in [6, 6.07) is 0. The predicted molar refractivity (Wildman–Crippen MR) is 213 cm³/mol. The first kappa shape index (κ1) is 50.2. The number of quaternary nitrogens is 1. The zero-order valence-corrected chi connectivity index (χ0v) is 34.9. The minimum Gasteiger partial charge on any atom is -0.756 e. The van der Waals surface area contributed by atoms with Gasteiger partial charge in [-0.05, 0) is 44.9 Å². The van der Waals surface area contributed by atoms with Crippen molar-refractivity contribution in [3.8, 4) is 0 Å². The zero-order valence-electron chi connectivity index (χ0n) is 34.0. The quantitative estimate of drug-likeness (QED) is 0.0203. The molecule has 0 amide bonds. The van der Waals surface area contributed by atoms with E-state index < -0.39 is 26.5 Å². The molecule has 0 saturated carbocycles. The Morgan fingerprint density at radius 3 is 1.63 bits per heavy atom. The van der Waals surface area contributed by atoms with Crippen molar-refractivity contribution in [1.29, 1.82) is 0 Å². The van der Waals surface area contributed by atoms with Crippen LogP contribution in [0, 0.1) is 0 Å². The van der Waals surface area contributed by atoms with E-state index in [4.69, 9.17) is 18.5 Å². The van der Waals surface area contributed by atoms with Gasteiger partial charge < -0.3 is 27.9 Å². The van der Waals surface area contributed by atoms with Crippen LogP contribution >= 0.6 is 7.82 Å². The summed E-state index contributed by atoms with van der Waals surface area (Å²) < 4.78 is 33.8. The number of rotatable bonds is 37. The maximum absolute atomic E-state index is 12.6. The van der Waals surface area contributed by atoms with E-state index in [9.17, 15) is 19.0 Å². The van der Waals surface area contributed by atoms with Crippen molar-refractivity contribution in [2.24, 2.45) is 0 Å². The molecule has 0 spiro atoms. The van der Waals surface area contributed by atoms with Crippen LogP contribution < -0.4 is 4.89 Å². The Hall–Kier alpha value is -1.77. The maximum atomic E-state index is 12.6. The highest BCUT2D eigenvalue weighted by Crippen LogP contribution is 2.38. The highest BCUT2D eigenvalue weighted by molar-refractivity contribution is 7.45. The van der Waals surface area contributed by atoms with Crippen molar-refractivity contribution < 1.29 is 42.1 Å². The zero-order chi connectivity index (χ0) is 38.6. The summed E-state index contributed by atoms with van der Waals surface area (Å²) in [5, 5.41) is 0. The van der Waals surface area contributed by atoms with E-state index in [0.29, 0.717) is 17.4 Å². The minimum atomic E-state index is -4.62. The molecular formula is C42H78NO8P. The molecule has 0 rings (SSSR count). The lowest BCUT2D eigenvalue weighted by Crippen LogP contribution is -2.37. The third kappa shape index (κ3) is 38.0. The van der Waals surface area contributed by atoms with Gasteiger partial charge in [0.05, 0.1) is 27.7 Å². The molecule has 0 aliphatic heterocycles. The fourth-order valence-electron chi connectivity index (χ4n) is 5.43. The monoisotopic (exact) mass is 756 g/mol. The Kier molecular flexibility index (Phi) is 33.8. The molecule has 0 aliphatic rings. The van der Waals surface area contributed by atoms with Gasteiger partial charge in [-0.15, -0.1) is 0 Å². The van der Waals surface area contributed by atoms with E-state index in [-0.39, 0.29) is 32.0 Å². The van der Waals surface area contributed by atoms with E-state index in [1.54, 1.807) is 0 Å². The first-order valence-corrected chi connectivity index (χ1v) is 22.2. The number of esters is 2. The molecule has 0 heterocycles. The smallest absolute Gasteiger partial charge is 0.306 e. The average Bonchev–Trinajstić information content (AvgIpc) is 3.09. The van der Waals surface area contributed by atoms with Crippen molar-refractivity contribution in [2.45, 2.75) is 174 Å². The van der Waals surface area contributed by atoms with Crippen LogP contribution in [-0.4, -0.2) is 70.0 Å². The molecule has 2 unspecified atom stereocenters. The van der Waals surface area contributed by atoms with Gasteiger partial charge in [0.1, 0.15) is 19.8 Å². The van der Waals surface area contributed by atoms with Gasteiger partial charge in [-0.2, -0.15) is 0 Å². The summed E-state index contributed by atoms with van der Waals surface area (Å²) in [5.41, 5.74) is 0. The summed E-state index contributed by atoms with van der Waals surface area (Å²) in [6.07, 6.45) is 37.4. The first-order valence-electron chi connectivity index (χ1n) is 20.7. The number of hydrogen-bond acceptors (Lipinski definition) is 8. The molecule has 0 bridgehead atoms. The molecule has 0 fully saturated rings. The fourth-order valence-corrected chi connectivity index (χ4v) is 6.16. The Morgan fingerprint density at radius 2 is 1.10 bits per heavy atom. The van der Waals surface area contributed by atoms with Crippen LogP contribution in [0.25, 0.3) is 0 Å². The van der Waals surface area contributed by atoms with Crippen molar-refractivity contribution in [3.63, 3.8) is 0 Å². The van der Waals surface area contributed by atoms with Crippen molar-refractivity contribution in [1.82, 2.24) is 0 Å². The molecule has 0 aromatic heterocycles. The number of carbonyl (C=O) groups is 2. The summed E-state index contributed by atoms with van der Waals surface area (Å²) in [6.45, 7) is 4.09. The van der Waals surface area contributed by atoms with Crippen molar-refractivity contribution >= 4 is 19.8 Å². The van der Waals surface area contributed by atoms with Gasteiger partial charge in [0.15, 0.2) is 6.10 Å². The number of nitrogens with zero attached hydrogens (tertiary/aromatic N) is 1. The van der Waals surface area contributed by atoms with Gasteiger partial charge in [-0.25, -0.2) is 0 Å². The molecule has 52 heavy (non-hydrogen) atoms. The van der Waals surface area contributed by atoms with Crippen LogP contribution in [0.3, 0.4) is 0 Å². The van der Waals surface area contributed by atoms with Crippen LogP contribution in [0.4, 0.5) is 0 Å². The molecule has 0 aliphatic carbocycles. The number of phosphoric acid groups is 1. The van der Waals surface area contributed by atoms with Crippen LogP contribution in [0.2, 0.25) is 0 Å². The van der Waals surface area contributed by atoms with Gasteiger partial charge in [0.25, 0.3) is 7.82 Å². The van der Waals surface area contributed by atoms with Crippen LogP contribution in [-0.2, 0) is 32.7 Å². The highest BCUT2D eigenvalue weighted by Gasteiger charge is 2.21. The summed E-state index contributed by atoms with van der Waals surface area (Å²) in [5.74, 6) is -0.853. The number of allylic oxidation sites excluding steroid dienone is 6. The Bertz CT molecular complexity index is 991. The van der Waals surface area contributed by atoms with Crippen molar-refractivity contribution in [2.75, 3.05) is 47.5 Å². The number of phosphoric ester groups is 1. The third-order valence-electron chi connectivity index (χ3n) is 8.67. The number of unbranched alkanes of at least 4 members (excludes halogenated alkanes) is 17. The largest absolute Gasteiger partial charge is 0.756 e. The van der Waals surface area contributed by atoms with Gasteiger partial charge in [0, 0.05) is 12.8 Å². The first-order chi connectivity index (χ1) is 25.0. The maximum Gasteiger partial charge on any atom is 0.306 e. The number of likely N-dealkylation sites (N-methyl/N-ethyl adjacent to an activating group) is 1. The van der Waals surface area contributed by atoms with Crippen LogP contribution in [0.1, 0.15) is 168 Å². The lowest BCUT2D eigenvalue weighted by molar-refractivity contribution is -0.870. The number of carbonyl (C=O) groups excluding carboxylic acids is 2. The summed E-state index contributed by atoms with van der Waals surface area (Å²) in [7, 11) is 1.15. The molecule has 2 atom stereocenters. The SMILES string of the molecule is CC/C=C/C/C=C/C/C=C/CCCCCCCC(=O)OC(COC(=O)CCCCCCCCCCCCCCC)COP(=O)([O-])OCC[N+](C)(C)C. The highest BCUT2D eigenvalue weighted by atomic mass is 31.2. The topological polar surface area (TPSA) is 111 Å². The molecule has 0 aromatic rings. The Labute approximate surface area is 319 Å². The molecule has 0 saturated heterocycles. The minimum absolute atomic E-state index is 0.0341. The van der Waals surface area contributed by atoms with E-state index in [2.05, 4.69) is 50.3 Å². The fraction of sp³-hybridized carbons (Fsp3) is 0.810. The normalized spacial score (nSPS) is 14.0. The third-order valence-corrected chi connectivity index (χ3v) is 9.64. The second kappa shape index (κ2) is 35.0. The van der Waals surface area contributed by atoms with Gasteiger partial charge in [-0.1, -0.05) is 147 Å². The average molecular weight is 756 g/mol. The molecule has 304 valence electrons. The lowest BCUT2D eigenvalue weighted by Gasteiger charge is -2.28. The molecule has 0 N–H and O–H groups in total.